The van der Waals surface area contributed by atoms with Crippen molar-refractivity contribution in [2.24, 2.45) is 5.92 Å². The van der Waals surface area contributed by atoms with Gasteiger partial charge in [-0.15, -0.1) is 11.6 Å². The molecule has 114 valence electrons. The first-order chi connectivity index (χ1) is 10.2. The van der Waals surface area contributed by atoms with Crippen LogP contribution in [0.15, 0.2) is 24.3 Å². The summed E-state index contributed by atoms with van der Waals surface area (Å²) in [6.45, 7) is 0. The zero-order valence-electron chi connectivity index (χ0n) is 12.5. The van der Waals surface area contributed by atoms with Gasteiger partial charge in [0.1, 0.15) is 0 Å². The lowest BCUT2D eigenvalue weighted by atomic mass is 9.86. The Morgan fingerprint density at radius 1 is 1.19 bits per heavy atom. The molecule has 1 fully saturated rings. The minimum absolute atomic E-state index is 0.0123. The van der Waals surface area contributed by atoms with Gasteiger partial charge in [0, 0.05) is 6.42 Å². The molecular weight excluding hydrogens is 282 g/mol. The molecular formula is C18H24ClNO. The van der Waals surface area contributed by atoms with Crippen LogP contribution in [0.25, 0.3) is 0 Å². The van der Waals surface area contributed by atoms with Crippen LogP contribution < -0.4 is 5.32 Å². The van der Waals surface area contributed by atoms with E-state index in [2.05, 4.69) is 17.4 Å². The van der Waals surface area contributed by atoms with Crippen LogP contribution in [0, 0.1) is 5.92 Å². The molecule has 2 aliphatic carbocycles. The molecule has 1 N–H and O–H groups in total. The summed E-state index contributed by atoms with van der Waals surface area (Å²) in [5.74, 6) is 0.917. The number of alkyl halides is 1. The highest BCUT2D eigenvalue weighted by Gasteiger charge is 2.31. The molecule has 1 aromatic carbocycles. The number of fused-ring (bicyclic) bond motifs is 1. The van der Waals surface area contributed by atoms with Gasteiger partial charge in [-0.25, -0.2) is 0 Å². The molecule has 1 saturated carbocycles. The van der Waals surface area contributed by atoms with Gasteiger partial charge >= 0.3 is 0 Å². The average molecular weight is 306 g/mol. The quantitative estimate of drug-likeness (QED) is 0.822. The van der Waals surface area contributed by atoms with Crippen molar-refractivity contribution >= 4 is 17.5 Å². The monoisotopic (exact) mass is 305 g/mol. The second-order valence-corrected chi connectivity index (χ2v) is 7.07. The number of hydrogen-bond acceptors (Lipinski definition) is 1. The molecule has 2 aliphatic rings. The Kier molecular flexibility index (Phi) is 4.84. The van der Waals surface area contributed by atoms with Crippen molar-refractivity contribution in [1.29, 1.82) is 0 Å². The van der Waals surface area contributed by atoms with Gasteiger partial charge in [0.25, 0.3) is 0 Å². The van der Waals surface area contributed by atoms with E-state index in [-0.39, 0.29) is 17.3 Å². The van der Waals surface area contributed by atoms with Gasteiger partial charge in [-0.2, -0.15) is 0 Å². The summed E-state index contributed by atoms with van der Waals surface area (Å²) in [4.78, 5) is 12.2. The van der Waals surface area contributed by atoms with E-state index in [4.69, 9.17) is 11.6 Å². The molecule has 1 aromatic rings. The van der Waals surface area contributed by atoms with E-state index in [9.17, 15) is 4.79 Å². The fourth-order valence-electron chi connectivity index (χ4n) is 3.77. The zero-order chi connectivity index (χ0) is 14.7. The molecule has 0 radical (unpaired) electrons. The highest BCUT2D eigenvalue weighted by atomic mass is 35.5. The molecule has 0 saturated heterocycles. The smallest absolute Gasteiger partial charge is 0.220 e. The van der Waals surface area contributed by atoms with Crippen LogP contribution in [0.2, 0.25) is 0 Å². The minimum atomic E-state index is -0.0129. The van der Waals surface area contributed by atoms with Crippen LogP contribution >= 0.6 is 11.6 Å². The van der Waals surface area contributed by atoms with E-state index in [1.807, 2.05) is 12.1 Å². The van der Waals surface area contributed by atoms with Crippen molar-refractivity contribution in [2.75, 3.05) is 0 Å². The Bertz CT molecular complexity index is 496. The number of carbonyl (C=O) groups is 1. The standard InChI is InChI=1S/C18H24ClNO/c19-16-12-14-8-4-5-9-15(14)18(16)20-17(21)11-10-13-6-2-1-3-7-13/h4-5,8-9,13,16,18H,1-3,6-7,10-12H2,(H,20,21). The topological polar surface area (TPSA) is 29.1 Å². The number of rotatable bonds is 4. The van der Waals surface area contributed by atoms with Gasteiger partial charge in [0.05, 0.1) is 11.4 Å². The average Bonchev–Trinajstić information content (AvgIpc) is 2.82. The van der Waals surface area contributed by atoms with Crippen LogP contribution in [0.3, 0.4) is 0 Å². The Morgan fingerprint density at radius 2 is 1.95 bits per heavy atom. The van der Waals surface area contributed by atoms with Crippen LogP contribution in [-0.4, -0.2) is 11.3 Å². The summed E-state index contributed by atoms with van der Waals surface area (Å²) < 4.78 is 0. The van der Waals surface area contributed by atoms with Gasteiger partial charge < -0.3 is 5.32 Å². The summed E-state index contributed by atoms with van der Waals surface area (Å²) in [5.41, 5.74) is 2.47. The van der Waals surface area contributed by atoms with Crippen molar-refractivity contribution < 1.29 is 4.79 Å². The van der Waals surface area contributed by atoms with Crippen molar-refractivity contribution in [1.82, 2.24) is 5.32 Å². The van der Waals surface area contributed by atoms with E-state index in [1.165, 1.54) is 43.2 Å². The number of carbonyl (C=O) groups excluding carboxylic acids is 1. The van der Waals surface area contributed by atoms with E-state index in [0.717, 1.165) is 18.8 Å². The van der Waals surface area contributed by atoms with Gasteiger partial charge in [0.2, 0.25) is 5.91 Å². The van der Waals surface area contributed by atoms with Crippen molar-refractivity contribution in [3.63, 3.8) is 0 Å². The molecule has 0 aliphatic heterocycles. The van der Waals surface area contributed by atoms with E-state index < -0.39 is 0 Å². The molecule has 0 bridgehead atoms. The minimum Gasteiger partial charge on any atom is -0.348 e. The first kappa shape index (κ1) is 14.9. The second kappa shape index (κ2) is 6.83. The molecule has 2 nitrogen and oxygen atoms in total. The maximum atomic E-state index is 12.2. The van der Waals surface area contributed by atoms with Gasteiger partial charge in [-0.3, -0.25) is 4.79 Å². The molecule has 0 spiro atoms. The number of nitrogens with one attached hydrogen (secondary N) is 1. The fourth-order valence-corrected chi connectivity index (χ4v) is 4.14. The molecule has 3 rings (SSSR count). The van der Waals surface area contributed by atoms with Gasteiger partial charge in [0.15, 0.2) is 0 Å². The number of benzene rings is 1. The van der Waals surface area contributed by atoms with Gasteiger partial charge in [-0.1, -0.05) is 56.4 Å². The predicted octanol–water partition coefficient (Wildman–Crippen LogP) is 4.37. The Balaban J connectivity index is 1.52. The maximum Gasteiger partial charge on any atom is 0.220 e. The highest BCUT2D eigenvalue weighted by molar-refractivity contribution is 6.21. The third-order valence-corrected chi connectivity index (χ3v) is 5.39. The van der Waals surface area contributed by atoms with Crippen LogP contribution in [0.4, 0.5) is 0 Å². The number of amides is 1. The van der Waals surface area contributed by atoms with E-state index >= 15 is 0 Å². The molecule has 0 aromatic heterocycles. The second-order valence-electron chi connectivity index (χ2n) is 6.51. The lowest BCUT2D eigenvalue weighted by molar-refractivity contribution is -0.122. The number of halogens is 1. The summed E-state index contributed by atoms with van der Waals surface area (Å²) >= 11 is 6.42. The largest absolute Gasteiger partial charge is 0.348 e. The maximum absolute atomic E-state index is 12.2. The van der Waals surface area contributed by atoms with Crippen molar-refractivity contribution in [3.05, 3.63) is 35.4 Å². The lowest BCUT2D eigenvalue weighted by Gasteiger charge is -2.22. The molecule has 0 heterocycles. The van der Waals surface area contributed by atoms with Crippen LogP contribution in [-0.2, 0) is 11.2 Å². The Hall–Kier alpha value is -1.02. The first-order valence-corrected chi connectivity index (χ1v) is 8.69. The van der Waals surface area contributed by atoms with Crippen molar-refractivity contribution in [3.8, 4) is 0 Å². The molecule has 2 unspecified atom stereocenters. The molecule has 21 heavy (non-hydrogen) atoms. The number of hydrogen-bond donors (Lipinski definition) is 1. The van der Waals surface area contributed by atoms with Gasteiger partial charge in [-0.05, 0) is 29.9 Å². The fraction of sp³-hybridized carbons (Fsp3) is 0.611. The lowest BCUT2D eigenvalue weighted by Crippen LogP contribution is -2.32. The van der Waals surface area contributed by atoms with Crippen molar-refractivity contribution in [2.45, 2.75) is 62.8 Å². The van der Waals surface area contributed by atoms with Crippen LogP contribution in [0.1, 0.15) is 62.1 Å². The third-order valence-electron chi connectivity index (χ3n) is 4.99. The summed E-state index contributed by atoms with van der Waals surface area (Å²) in [7, 11) is 0. The SMILES string of the molecule is O=C(CCC1CCCCC1)NC1c2ccccc2CC1Cl. The summed E-state index contributed by atoms with van der Waals surface area (Å²) in [6.07, 6.45) is 9.19. The molecule has 3 heteroatoms. The normalized spacial score (nSPS) is 25.6. The Labute approximate surface area is 132 Å². The zero-order valence-corrected chi connectivity index (χ0v) is 13.2. The predicted molar refractivity (Wildman–Crippen MR) is 86.5 cm³/mol. The van der Waals surface area contributed by atoms with Crippen LogP contribution in [0.5, 0.6) is 0 Å². The summed E-state index contributed by atoms with van der Waals surface area (Å²) in [5, 5.41) is 3.14. The summed E-state index contributed by atoms with van der Waals surface area (Å²) in [6, 6.07) is 8.25. The highest BCUT2D eigenvalue weighted by Crippen LogP contribution is 2.35. The Morgan fingerprint density at radius 3 is 2.76 bits per heavy atom. The van der Waals surface area contributed by atoms with E-state index in [1.54, 1.807) is 0 Å². The molecule has 1 amide bonds. The third kappa shape index (κ3) is 3.60. The molecule has 2 atom stereocenters. The van der Waals surface area contributed by atoms with E-state index in [0.29, 0.717) is 6.42 Å². The first-order valence-electron chi connectivity index (χ1n) is 8.25.